The number of benzene rings is 1. The van der Waals surface area contributed by atoms with Gasteiger partial charge < -0.3 is 5.73 Å². The second-order valence-electron chi connectivity index (χ2n) is 4.85. The van der Waals surface area contributed by atoms with E-state index >= 15 is 0 Å². The minimum Gasteiger partial charge on any atom is -0.324 e. The van der Waals surface area contributed by atoms with E-state index in [4.69, 9.17) is 17.3 Å². The molecule has 0 aliphatic heterocycles. The molecule has 0 radical (unpaired) electrons. The first-order valence-electron chi connectivity index (χ1n) is 6.92. The predicted octanol–water partition coefficient (Wildman–Crippen LogP) is 4.26. The van der Waals surface area contributed by atoms with Crippen molar-refractivity contribution in [1.29, 1.82) is 0 Å². The largest absolute Gasteiger partial charge is 0.324 e. The van der Waals surface area contributed by atoms with Crippen molar-refractivity contribution >= 4 is 27.5 Å². The molecule has 1 aromatic carbocycles. The summed E-state index contributed by atoms with van der Waals surface area (Å²) in [6.07, 6.45) is 1.35. The average molecular weight is 375 g/mol. The van der Waals surface area contributed by atoms with Crippen LogP contribution in [0.4, 0.5) is 4.39 Å². The van der Waals surface area contributed by atoms with Crippen LogP contribution in [0.5, 0.6) is 0 Å². The van der Waals surface area contributed by atoms with Crippen LogP contribution in [0.25, 0.3) is 0 Å². The van der Waals surface area contributed by atoms with Gasteiger partial charge in [-0.05, 0) is 41.4 Å². The van der Waals surface area contributed by atoms with Gasteiger partial charge in [-0.15, -0.1) is 0 Å². The van der Waals surface area contributed by atoms with Gasteiger partial charge in [-0.2, -0.15) is 5.10 Å². The monoisotopic (exact) mass is 373 g/mol. The van der Waals surface area contributed by atoms with E-state index in [2.05, 4.69) is 28.0 Å². The molecule has 6 heteroatoms. The molecule has 0 saturated carbocycles. The van der Waals surface area contributed by atoms with Gasteiger partial charge in [0.1, 0.15) is 5.82 Å². The number of halogens is 3. The highest BCUT2D eigenvalue weighted by atomic mass is 79.9. The Morgan fingerprint density at radius 3 is 2.71 bits per heavy atom. The second-order valence-corrected chi connectivity index (χ2v) is 6.08. The first-order chi connectivity index (χ1) is 9.97. The summed E-state index contributed by atoms with van der Waals surface area (Å²) in [5.74, 6) is -0.371. The molecule has 2 rings (SSSR count). The van der Waals surface area contributed by atoms with Crippen LogP contribution in [-0.4, -0.2) is 9.78 Å². The first kappa shape index (κ1) is 16.5. The fourth-order valence-corrected chi connectivity index (χ4v) is 3.22. The van der Waals surface area contributed by atoms with Crippen molar-refractivity contribution in [2.75, 3.05) is 0 Å². The highest BCUT2D eigenvalue weighted by Gasteiger charge is 2.19. The van der Waals surface area contributed by atoms with Crippen LogP contribution in [0.1, 0.15) is 36.8 Å². The van der Waals surface area contributed by atoms with Crippen molar-refractivity contribution in [3.63, 3.8) is 0 Å². The molecular weight excluding hydrogens is 357 g/mol. The third kappa shape index (κ3) is 3.47. The lowest BCUT2D eigenvalue weighted by molar-refractivity contribution is 0.554. The molecule has 3 nitrogen and oxygen atoms in total. The van der Waals surface area contributed by atoms with E-state index in [0.29, 0.717) is 17.0 Å². The summed E-state index contributed by atoms with van der Waals surface area (Å²) < 4.78 is 16.8. The van der Waals surface area contributed by atoms with Crippen molar-refractivity contribution in [2.24, 2.45) is 5.73 Å². The van der Waals surface area contributed by atoms with Gasteiger partial charge in [0.2, 0.25) is 0 Å². The summed E-state index contributed by atoms with van der Waals surface area (Å²) in [7, 11) is 0. The maximum Gasteiger partial charge on any atom is 0.129 e. The average Bonchev–Trinajstić information content (AvgIpc) is 2.75. The fraction of sp³-hybridized carbons (Fsp3) is 0.400. The zero-order valence-corrected chi connectivity index (χ0v) is 14.4. The van der Waals surface area contributed by atoms with E-state index in [1.807, 2.05) is 11.6 Å². The van der Waals surface area contributed by atoms with Gasteiger partial charge in [0.05, 0.1) is 15.9 Å². The molecule has 114 valence electrons. The number of hydrogen-bond donors (Lipinski definition) is 1. The number of rotatable bonds is 5. The lowest BCUT2D eigenvalue weighted by Gasteiger charge is -2.14. The standard InChI is InChI=1S/C15H18BrClFN3/c1-3-13-15(16)14(21(4-2)20-13)8-12(19)10-6-5-9(17)7-11(10)18/h5-7,12H,3-4,8,19H2,1-2H3. The Labute approximate surface area is 137 Å². The maximum atomic E-state index is 14.0. The van der Waals surface area contributed by atoms with Crippen molar-refractivity contribution in [3.05, 3.63) is 50.5 Å². The quantitative estimate of drug-likeness (QED) is 0.849. The van der Waals surface area contributed by atoms with Crippen molar-refractivity contribution in [2.45, 2.75) is 39.3 Å². The van der Waals surface area contributed by atoms with Gasteiger partial charge in [-0.1, -0.05) is 24.6 Å². The van der Waals surface area contributed by atoms with Crippen LogP contribution in [0.3, 0.4) is 0 Å². The molecule has 0 bridgehead atoms. The number of hydrogen-bond acceptors (Lipinski definition) is 2. The normalized spacial score (nSPS) is 12.7. The molecule has 0 amide bonds. The van der Waals surface area contributed by atoms with Crippen molar-refractivity contribution in [1.82, 2.24) is 9.78 Å². The summed E-state index contributed by atoms with van der Waals surface area (Å²) in [4.78, 5) is 0. The Kier molecular flexibility index (Phi) is 5.41. The number of aromatic nitrogens is 2. The van der Waals surface area contributed by atoms with Crippen LogP contribution in [-0.2, 0) is 19.4 Å². The molecule has 1 atom stereocenters. The van der Waals surface area contributed by atoms with Crippen molar-refractivity contribution in [3.8, 4) is 0 Å². The fourth-order valence-electron chi connectivity index (χ4n) is 2.33. The minimum absolute atomic E-state index is 0.371. The number of aryl methyl sites for hydroxylation is 2. The Hall–Kier alpha value is -0.910. The topological polar surface area (TPSA) is 43.8 Å². The second kappa shape index (κ2) is 6.90. The Balaban J connectivity index is 2.31. The summed E-state index contributed by atoms with van der Waals surface area (Å²) in [6, 6.07) is 4.15. The lowest BCUT2D eigenvalue weighted by Crippen LogP contribution is -2.17. The van der Waals surface area contributed by atoms with Gasteiger partial charge in [0, 0.05) is 29.6 Å². The van der Waals surface area contributed by atoms with Gasteiger partial charge in [0.15, 0.2) is 0 Å². The third-order valence-corrected chi connectivity index (χ3v) is 4.62. The van der Waals surface area contributed by atoms with Gasteiger partial charge in [-0.3, -0.25) is 4.68 Å². The SMILES string of the molecule is CCc1nn(CC)c(CC(N)c2ccc(Cl)cc2F)c1Br. The van der Waals surface area contributed by atoms with Gasteiger partial charge in [0.25, 0.3) is 0 Å². The molecule has 0 spiro atoms. The van der Waals surface area contributed by atoms with Gasteiger partial charge in [-0.25, -0.2) is 4.39 Å². The van der Waals surface area contributed by atoms with Crippen LogP contribution >= 0.6 is 27.5 Å². The lowest BCUT2D eigenvalue weighted by atomic mass is 10.0. The maximum absolute atomic E-state index is 14.0. The van der Waals surface area contributed by atoms with Crippen LogP contribution in [0, 0.1) is 5.82 Å². The molecule has 2 aromatic rings. The molecule has 0 saturated heterocycles. The first-order valence-corrected chi connectivity index (χ1v) is 8.09. The van der Waals surface area contributed by atoms with E-state index in [1.165, 1.54) is 6.07 Å². The molecule has 1 unspecified atom stereocenters. The zero-order chi connectivity index (χ0) is 15.6. The van der Waals surface area contributed by atoms with E-state index in [9.17, 15) is 4.39 Å². The zero-order valence-electron chi connectivity index (χ0n) is 12.0. The summed E-state index contributed by atoms with van der Waals surface area (Å²) >= 11 is 9.35. The van der Waals surface area contributed by atoms with E-state index in [1.54, 1.807) is 12.1 Å². The number of nitrogens with two attached hydrogens (primary N) is 1. The Morgan fingerprint density at radius 2 is 2.14 bits per heavy atom. The minimum atomic E-state index is -0.440. The van der Waals surface area contributed by atoms with Crippen molar-refractivity contribution < 1.29 is 4.39 Å². The highest BCUT2D eigenvalue weighted by Crippen LogP contribution is 2.28. The summed E-state index contributed by atoms with van der Waals surface area (Å²) in [5.41, 5.74) is 8.63. The molecule has 1 heterocycles. The van der Waals surface area contributed by atoms with Crippen LogP contribution < -0.4 is 5.73 Å². The van der Waals surface area contributed by atoms with E-state index < -0.39 is 6.04 Å². The molecule has 0 aliphatic rings. The van der Waals surface area contributed by atoms with Crippen LogP contribution in [0.2, 0.25) is 5.02 Å². The van der Waals surface area contributed by atoms with Crippen LogP contribution in [0.15, 0.2) is 22.7 Å². The van der Waals surface area contributed by atoms with E-state index in [0.717, 1.165) is 28.8 Å². The van der Waals surface area contributed by atoms with E-state index in [-0.39, 0.29) is 5.82 Å². The molecule has 0 fully saturated rings. The number of nitrogens with zero attached hydrogens (tertiary/aromatic N) is 2. The molecule has 2 N–H and O–H groups in total. The molecule has 21 heavy (non-hydrogen) atoms. The highest BCUT2D eigenvalue weighted by molar-refractivity contribution is 9.10. The molecule has 0 aliphatic carbocycles. The smallest absolute Gasteiger partial charge is 0.129 e. The molecular formula is C15H18BrClFN3. The predicted molar refractivity (Wildman–Crippen MR) is 87.0 cm³/mol. The Bertz CT molecular complexity index is 642. The Morgan fingerprint density at radius 1 is 1.43 bits per heavy atom. The summed E-state index contributed by atoms with van der Waals surface area (Å²) in [6.45, 7) is 4.83. The van der Waals surface area contributed by atoms with Gasteiger partial charge >= 0.3 is 0 Å². The molecule has 1 aromatic heterocycles. The summed E-state index contributed by atoms with van der Waals surface area (Å²) in [5, 5.41) is 4.90. The third-order valence-electron chi connectivity index (χ3n) is 3.47.